The largest absolute Gasteiger partial charge is 0.373 e. The Morgan fingerprint density at radius 1 is 1.57 bits per heavy atom. The van der Waals surface area contributed by atoms with Crippen molar-refractivity contribution in [2.24, 2.45) is 5.73 Å². The van der Waals surface area contributed by atoms with Crippen molar-refractivity contribution >= 4 is 11.3 Å². The average Bonchev–Trinajstić information content (AvgIpc) is 2.78. The molecule has 3 unspecified atom stereocenters. The van der Waals surface area contributed by atoms with Crippen molar-refractivity contribution in [1.29, 1.82) is 0 Å². The van der Waals surface area contributed by atoms with Gasteiger partial charge in [0.1, 0.15) is 0 Å². The fraction of sp³-hybridized carbons (Fsp3) is 0.636. The van der Waals surface area contributed by atoms with Crippen molar-refractivity contribution in [2.75, 3.05) is 0 Å². The van der Waals surface area contributed by atoms with Crippen molar-refractivity contribution in [3.05, 3.63) is 22.4 Å². The van der Waals surface area contributed by atoms with Gasteiger partial charge < -0.3 is 10.5 Å². The van der Waals surface area contributed by atoms with Crippen LogP contribution in [0, 0.1) is 0 Å². The number of nitrogens with two attached hydrogens (primary N) is 1. The maximum absolute atomic E-state index is 6.42. The van der Waals surface area contributed by atoms with E-state index in [1.54, 1.807) is 11.3 Å². The molecule has 2 aliphatic rings. The fourth-order valence-electron chi connectivity index (χ4n) is 2.79. The smallest absolute Gasteiger partial charge is 0.0763 e. The van der Waals surface area contributed by atoms with Crippen LogP contribution in [0.25, 0.3) is 0 Å². The van der Waals surface area contributed by atoms with Gasteiger partial charge in [-0.2, -0.15) is 11.3 Å². The molecule has 2 N–H and O–H groups in total. The summed E-state index contributed by atoms with van der Waals surface area (Å²) in [6, 6.07) is 2.17. The van der Waals surface area contributed by atoms with Gasteiger partial charge in [-0.3, -0.25) is 0 Å². The molecule has 0 spiro atoms. The molecule has 3 heterocycles. The molecular formula is C11H15NOS. The summed E-state index contributed by atoms with van der Waals surface area (Å²) >= 11 is 1.75. The molecule has 1 aromatic heterocycles. The third-order valence-electron chi connectivity index (χ3n) is 3.47. The molecule has 0 aliphatic carbocycles. The zero-order valence-electron chi connectivity index (χ0n) is 8.11. The van der Waals surface area contributed by atoms with Crippen LogP contribution in [0.15, 0.2) is 16.8 Å². The molecule has 0 saturated carbocycles. The van der Waals surface area contributed by atoms with E-state index in [1.165, 1.54) is 12.0 Å². The number of hydrogen-bond donors (Lipinski definition) is 1. The number of thiophene rings is 1. The van der Waals surface area contributed by atoms with Gasteiger partial charge in [0.25, 0.3) is 0 Å². The summed E-state index contributed by atoms with van der Waals surface area (Å²) in [5.41, 5.74) is 7.70. The zero-order chi connectivity index (χ0) is 9.60. The Morgan fingerprint density at radius 3 is 3.07 bits per heavy atom. The van der Waals surface area contributed by atoms with Crippen molar-refractivity contribution in [3.63, 3.8) is 0 Å². The van der Waals surface area contributed by atoms with Crippen LogP contribution in [-0.4, -0.2) is 17.7 Å². The van der Waals surface area contributed by atoms with Gasteiger partial charge >= 0.3 is 0 Å². The lowest BCUT2D eigenvalue weighted by atomic mass is 9.79. The second-order valence-electron chi connectivity index (χ2n) is 4.57. The Kier molecular flexibility index (Phi) is 1.94. The van der Waals surface area contributed by atoms with Crippen LogP contribution in [0.2, 0.25) is 0 Å². The third-order valence-corrected chi connectivity index (χ3v) is 4.20. The minimum Gasteiger partial charge on any atom is -0.373 e. The van der Waals surface area contributed by atoms with E-state index in [2.05, 4.69) is 16.8 Å². The van der Waals surface area contributed by atoms with Crippen molar-refractivity contribution < 1.29 is 4.74 Å². The molecule has 3 atom stereocenters. The molecule has 2 bridgehead atoms. The number of rotatable bonds is 2. The summed E-state index contributed by atoms with van der Waals surface area (Å²) in [4.78, 5) is 0. The number of hydrogen-bond acceptors (Lipinski definition) is 3. The summed E-state index contributed by atoms with van der Waals surface area (Å²) in [5, 5.41) is 4.31. The Balaban J connectivity index is 1.78. The van der Waals surface area contributed by atoms with Gasteiger partial charge in [-0.05, 0) is 48.1 Å². The highest BCUT2D eigenvalue weighted by Crippen LogP contribution is 2.41. The first-order valence-electron chi connectivity index (χ1n) is 5.22. The summed E-state index contributed by atoms with van der Waals surface area (Å²) in [5.74, 6) is 0. The Labute approximate surface area is 88.1 Å². The lowest BCUT2D eigenvalue weighted by molar-refractivity contribution is 0.0856. The van der Waals surface area contributed by atoms with E-state index in [0.717, 1.165) is 19.3 Å². The van der Waals surface area contributed by atoms with Gasteiger partial charge in [0.2, 0.25) is 0 Å². The average molecular weight is 209 g/mol. The molecule has 0 amide bonds. The van der Waals surface area contributed by atoms with E-state index in [9.17, 15) is 0 Å². The predicted molar refractivity (Wildman–Crippen MR) is 57.5 cm³/mol. The quantitative estimate of drug-likeness (QED) is 0.808. The van der Waals surface area contributed by atoms with Crippen molar-refractivity contribution in [1.82, 2.24) is 0 Å². The second-order valence-corrected chi connectivity index (χ2v) is 5.35. The fourth-order valence-corrected chi connectivity index (χ4v) is 3.46. The SMILES string of the molecule is NC1(Cc2ccsc2)CC2CCC1O2. The molecule has 1 aromatic rings. The molecule has 0 aromatic carbocycles. The normalized spacial score (nSPS) is 40.6. The molecule has 3 heteroatoms. The van der Waals surface area contributed by atoms with Crippen LogP contribution >= 0.6 is 11.3 Å². The van der Waals surface area contributed by atoms with E-state index in [1.807, 2.05) is 0 Å². The topological polar surface area (TPSA) is 35.2 Å². The van der Waals surface area contributed by atoms with Crippen LogP contribution in [0.5, 0.6) is 0 Å². The highest BCUT2D eigenvalue weighted by atomic mass is 32.1. The van der Waals surface area contributed by atoms with Crippen molar-refractivity contribution in [2.45, 2.75) is 43.4 Å². The van der Waals surface area contributed by atoms with E-state index < -0.39 is 0 Å². The summed E-state index contributed by atoms with van der Waals surface area (Å²) in [7, 11) is 0. The standard InChI is InChI=1S/C11H15NOS/c12-11(5-8-3-4-14-7-8)6-9-1-2-10(11)13-9/h3-4,7,9-10H,1-2,5-6,12H2. The molecule has 3 rings (SSSR count). The van der Waals surface area contributed by atoms with Gasteiger partial charge in [-0.25, -0.2) is 0 Å². The van der Waals surface area contributed by atoms with Crippen molar-refractivity contribution in [3.8, 4) is 0 Å². The summed E-state index contributed by atoms with van der Waals surface area (Å²) in [6.45, 7) is 0. The van der Waals surface area contributed by atoms with Crippen LogP contribution in [0.3, 0.4) is 0 Å². The van der Waals surface area contributed by atoms with Crippen LogP contribution in [-0.2, 0) is 11.2 Å². The monoisotopic (exact) mass is 209 g/mol. The lowest BCUT2D eigenvalue weighted by Gasteiger charge is -2.30. The molecule has 2 aliphatic heterocycles. The van der Waals surface area contributed by atoms with E-state index in [-0.39, 0.29) is 5.54 Å². The second kappa shape index (κ2) is 3.05. The minimum absolute atomic E-state index is 0.0794. The highest BCUT2D eigenvalue weighted by molar-refractivity contribution is 7.07. The number of fused-ring (bicyclic) bond motifs is 2. The van der Waals surface area contributed by atoms with Crippen LogP contribution in [0.4, 0.5) is 0 Å². The maximum Gasteiger partial charge on any atom is 0.0763 e. The third kappa shape index (κ3) is 1.31. The molecule has 14 heavy (non-hydrogen) atoms. The highest BCUT2D eigenvalue weighted by Gasteiger charge is 2.49. The first-order chi connectivity index (χ1) is 6.76. The molecule has 0 radical (unpaired) electrons. The first-order valence-corrected chi connectivity index (χ1v) is 6.16. The Hall–Kier alpha value is -0.380. The minimum atomic E-state index is -0.0794. The summed E-state index contributed by atoms with van der Waals surface area (Å²) < 4.78 is 5.82. The van der Waals surface area contributed by atoms with E-state index >= 15 is 0 Å². The maximum atomic E-state index is 6.42. The van der Waals surface area contributed by atoms with Gasteiger partial charge in [0, 0.05) is 5.54 Å². The predicted octanol–water partition coefficient (Wildman–Crippen LogP) is 1.94. The molecular weight excluding hydrogens is 194 g/mol. The Morgan fingerprint density at radius 2 is 2.50 bits per heavy atom. The van der Waals surface area contributed by atoms with E-state index in [4.69, 9.17) is 10.5 Å². The van der Waals surface area contributed by atoms with Gasteiger partial charge in [-0.1, -0.05) is 0 Å². The van der Waals surface area contributed by atoms with Crippen LogP contribution < -0.4 is 5.73 Å². The Bertz CT molecular complexity index is 324. The van der Waals surface area contributed by atoms with Gasteiger partial charge in [0.15, 0.2) is 0 Å². The molecule has 2 saturated heterocycles. The first kappa shape index (κ1) is 8.89. The van der Waals surface area contributed by atoms with Gasteiger partial charge in [0.05, 0.1) is 12.2 Å². The van der Waals surface area contributed by atoms with Gasteiger partial charge in [-0.15, -0.1) is 0 Å². The molecule has 2 fully saturated rings. The molecule has 76 valence electrons. The van der Waals surface area contributed by atoms with Crippen LogP contribution in [0.1, 0.15) is 24.8 Å². The number of ether oxygens (including phenoxy) is 1. The molecule has 2 nitrogen and oxygen atoms in total. The zero-order valence-corrected chi connectivity index (χ0v) is 8.93. The van der Waals surface area contributed by atoms with E-state index in [0.29, 0.717) is 12.2 Å². The lowest BCUT2D eigenvalue weighted by Crippen LogP contribution is -2.50. The summed E-state index contributed by atoms with van der Waals surface area (Å²) in [6.07, 6.45) is 5.17.